The maximum Gasteiger partial charge on any atom is 0.189 e. The number of hydrogen-bond donors (Lipinski definition) is 2. The summed E-state index contributed by atoms with van der Waals surface area (Å²) in [4.78, 5) is 4.63. The Kier molecular flexibility index (Phi) is 6.36. The van der Waals surface area contributed by atoms with E-state index in [1.54, 1.807) is 7.11 Å². The predicted molar refractivity (Wildman–Crippen MR) is 90.0 cm³/mol. The van der Waals surface area contributed by atoms with Crippen molar-refractivity contribution in [3.8, 4) is 0 Å². The molecule has 2 aliphatic carbocycles. The van der Waals surface area contributed by atoms with Crippen molar-refractivity contribution in [3.05, 3.63) is 0 Å². The number of nitrogens with two attached hydrogens (primary N) is 1. The molecule has 0 amide bonds. The minimum absolute atomic E-state index is 0. The van der Waals surface area contributed by atoms with Gasteiger partial charge in [0.25, 0.3) is 0 Å². The monoisotopic (exact) mass is 381 g/mol. The Morgan fingerprint density at radius 2 is 1.89 bits per heavy atom. The van der Waals surface area contributed by atoms with E-state index in [0.717, 1.165) is 6.42 Å². The van der Waals surface area contributed by atoms with Gasteiger partial charge in [0, 0.05) is 18.6 Å². The zero-order valence-corrected chi connectivity index (χ0v) is 14.6. The molecule has 0 spiro atoms. The first-order valence-corrected chi connectivity index (χ1v) is 7.16. The number of nitrogens with zero attached hydrogens (tertiary/aromatic N) is 1. The number of methoxy groups -OCH3 is 1. The summed E-state index contributed by atoms with van der Waals surface area (Å²) in [6.07, 6.45) is 7.73. The molecular weight excluding hydrogens is 353 g/mol. The van der Waals surface area contributed by atoms with Gasteiger partial charge >= 0.3 is 0 Å². The van der Waals surface area contributed by atoms with Crippen LogP contribution in [0, 0.1) is 5.41 Å². The molecule has 2 aliphatic rings. The van der Waals surface area contributed by atoms with E-state index in [-0.39, 0.29) is 29.4 Å². The molecule has 0 bridgehead atoms. The maximum atomic E-state index is 6.02. The van der Waals surface area contributed by atoms with Crippen LogP contribution >= 0.6 is 24.0 Å². The van der Waals surface area contributed by atoms with Crippen LogP contribution in [0.5, 0.6) is 0 Å². The molecule has 0 saturated heterocycles. The van der Waals surface area contributed by atoms with Crippen molar-refractivity contribution in [1.82, 2.24) is 5.32 Å². The third-order valence-corrected chi connectivity index (χ3v) is 4.66. The molecule has 0 radical (unpaired) electrons. The van der Waals surface area contributed by atoms with Crippen molar-refractivity contribution in [2.45, 2.75) is 70.6 Å². The number of nitrogens with one attached hydrogen (secondary N) is 1. The summed E-state index contributed by atoms with van der Waals surface area (Å²) in [7, 11) is 1.77. The zero-order chi connectivity index (χ0) is 13.2. The predicted octanol–water partition coefficient (Wildman–Crippen LogP) is 2.65. The first-order chi connectivity index (χ1) is 8.54. The second-order valence-electron chi connectivity index (χ2n) is 6.29. The number of guanidine groups is 1. The summed E-state index contributed by atoms with van der Waals surface area (Å²) in [5, 5.41) is 3.38. The lowest BCUT2D eigenvalue weighted by Crippen LogP contribution is -2.54. The molecule has 5 heteroatoms. The average molecular weight is 381 g/mol. The normalized spacial score (nSPS) is 31.2. The third kappa shape index (κ3) is 3.97. The van der Waals surface area contributed by atoms with Gasteiger partial charge in [-0.1, -0.05) is 33.1 Å². The topological polar surface area (TPSA) is 59.6 Å². The van der Waals surface area contributed by atoms with Gasteiger partial charge in [-0.15, -0.1) is 24.0 Å². The average Bonchev–Trinajstić information content (AvgIpc) is 2.35. The molecule has 2 atom stereocenters. The number of rotatable bonds is 3. The Bertz CT molecular complexity index is 314. The molecular formula is C14H28IN3O. The molecule has 112 valence electrons. The molecule has 0 aromatic rings. The molecule has 0 aromatic carbocycles. The van der Waals surface area contributed by atoms with E-state index < -0.39 is 0 Å². The number of hydrogen-bond acceptors (Lipinski definition) is 2. The molecule has 2 unspecified atom stereocenters. The zero-order valence-electron chi connectivity index (χ0n) is 12.3. The van der Waals surface area contributed by atoms with Gasteiger partial charge in [0.05, 0.1) is 12.1 Å². The van der Waals surface area contributed by atoms with Crippen LogP contribution < -0.4 is 11.1 Å². The lowest BCUT2D eigenvalue weighted by atomic mass is 9.65. The lowest BCUT2D eigenvalue weighted by molar-refractivity contribution is -0.0851. The second-order valence-corrected chi connectivity index (χ2v) is 6.29. The Morgan fingerprint density at radius 3 is 2.42 bits per heavy atom. The quantitative estimate of drug-likeness (QED) is 0.449. The van der Waals surface area contributed by atoms with Crippen molar-refractivity contribution in [3.63, 3.8) is 0 Å². The van der Waals surface area contributed by atoms with Crippen LogP contribution in [0.3, 0.4) is 0 Å². The SMILES string of the molecule is COC1CC(N=C(N)NC2CCCCC2)C1(C)C.I. The standard InChI is InChI=1S/C14H27N3O.HI/c1-14(2)11(9-12(14)18-3)17-13(15)16-10-7-5-4-6-8-10;/h10-12H,4-9H2,1-3H3,(H3,15,16,17);1H. The largest absolute Gasteiger partial charge is 0.381 e. The van der Waals surface area contributed by atoms with E-state index in [1.807, 2.05) is 0 Å². The van der Waals surface area contributed by atoms with Gasteiger partial charge in [0.1, 0.15) is 0 Å². The van der Waals surface area contributed by atoms with Crippen molar-refractivity contribution in [1.29, 1.82) is 0 Å². The minimum Gasteiger partial charge on any atom is -0.381 e. The van der Waals surface area contributed by atoms with Crippen LogP contribution in [0.1, 0.15) is 52.4 Å². The highest BCUT2D eigenvalue weighted by Gasteiger charge is 2.48. The highest BCUT2D eigenvalue weighted by atomic mass is 127. The number of halogens is 1. The fourth-order valence-corrected chi connectivity index (χ4v) is 3.14. The van der Waals surface area contributed by atoms with Gasteiger partial charge < -0.3 is 15.8 Å². The van der Waals surface area contributed by atoms with Gasteiger partial charge in [-0.25, -0.2) is 4.99 Å². The Labute approximate surface area is 134 Å². The Morgan fingerprint density at radius 1 is 1.26 bits per heavy atom. The van der Waals surface area contributed by atoms with Crippen LogP contribution in [-0.2, 0) is 4.74 Å². The smallest absolute Gasteiger partial charge is 0.189 e. The van der Waals surface area contributed by atoms with E-state index in [0.29, 0.717) is 24.1 Å². The molecule has 3 N–H and O–H groups in total. The van der Waals surface area contributed by atoms with Crippen molar-refractivity contribution in [2.24, 2.45) is 16.1 Å². The maximum absolute atomic E-state index is 6.02. The van der Waals surface area contributed by atoms with Gasteiger partial charge in [0.15, 0.2) is 5.96 Å². The Hall–Kier alpha value is -0.0400. The van der Waals surface area contributed by atoms with Gasteiger partial charge in [-0.05, 0) is 19.3 Å². The fraction of sp³-hybridized carbons (Fsp3) is 0.929. The van der Waals surface area contributed by atoms with Gasteiger partial charge in [-0.3, -0.25) is 0 Å². The molecule has 2 saturated carbocycles. The summed E-state index contributed by atoms with van der Waals surface area (Å²) in [5.74, 6) is 0.620. The molecule has 4 nitrogen and oxygen atoms in total. The van der Waals surface area contributed by atoms with Crippen LogP contribution in [-0.4, -0.2) is 31.3 Å². The van der Waals surface area contributed by atoms with Crippen molar-refractivity contribution < 1.29 is 4.74 Å². The first-order valence-electron chi connectivity index (χ1n) is 7.16. The van der Waals surface area contributed by atoms with Gasteiger partial charge in [-0.2, -0.15) is 0 Å². The highest BCUT2D eigenvalue weighted by molar-refractivity contribution is 14.0. The van der Waals surface area contributed by atoms with E-state index in [1.165, 1.54) is 32.1 Å². The molecule has 2 fully saturated rings. The fourth-order valence-electron chi connectivity index (χ4n) is 3.14. The highest BCUT2D eigenvalue weighted by Crippen LogP contribution is 2.44. The molecule has 0 aliphatic heterocycles. The van der Waals surface area contributed by atoms with Crippen LogP contribution in [0.15, 0.2) is 4.99 Å². The summed E-state index contributed by atoms with van der Waals surface area (Å²) in [6.45, 7) is 4.40. The minimum atomic E-state index is 0. The van der Waals surface area contributed by atoms with E-state index in [4.69, 9.17) is 10.5 Å². The van der Waals surface area contributed by atoms with Crippen molar-refractivity contribution >= 4 is 29.9 Å². The number of ether oxygens (including phenoxy) is 1. The molecule has 0 aromatic heterocycles. The number of aliphatic imine (C=N–C) groups is 1. The second kappa shape index (κ2) is 7.11. The summed E-state index contributed by atoms with van der Waals surface area (Å²) in [6, 6.07) is 0.822. The van der Waals surface area contributed by atoms with Crippen LogP contribution in [0.25, 0.3) is 0 Å². The van der Waals surface area contributed by atoms with Crippen LogP contribution in [0.4, 0.5) is 0 Å². The molecule has 0 heterocycles. The summed E-state index contributed by atoms with van der Waals surface area (Å²) in [5.41, 5.74) is 6.13. The summed E-state index contributed by atoms with van der Waals surface area (Å²) < 4.78 is 5.43. The summed E-state index contributed by atoms with van der Waals surface area (Å²) >= 11 is 0. The van der Waals surface area contributed by atoms with Crippen molar-refractivity contribution in [2.75, 3.05) is 7.11 Å². The van der Waals surface area contributed by atoms with Crippen LogP contribution in [0.2, 0.25) is 0 Å². The Balaban J connectivity index is 0.00000180. The van der Waals surface area contributed by atoms with E-state index in [9.17, 15) is 0 Å². The molecule has 2 rings (SSSR count). The lowest BCUT2D eigenvalue weighted by Gasteiger charge is -2.49. The third-order valence-electron chi connectivity index (χ3n) is 4.66. The molecule has 19 heavy (non-hydrogen) atoms. The van der Waals surface area contributed by atoms with E-state index in [2.05, 4.69) is 24.2 Å². The van der Waals surface area contributed by atoms with Gasteiger partial charge in [0.2, 0.25) is 0 Å². The van der Waals surface area contributed by atoms with E-state index >= 15 is 0 Å². The first kappa shape index (κ1) is 17.0.